The van der Waals surface area contributed by atoms with Crippen molar-refractivity contribution in [1.82, 2.24) is 9.80 Å². The molecule has 1 aromatic carbocycles. The van der Waals surface area contributed by atoms with Crippen LogP contribution in [0.3, 0.4) is 0 Å². The van der Waals surface area contributed by atoms with Crippen LogP contribution in [0.4, 0.5) is 31.1 Å². The summed E-state index contributed by atoms with van der Waals surface area (Å²) in [4.78, 5) is 25.4. The molecule has 0 unspecified atom stereocenters. The summed E-state index contributed by atoms with van der Waals surface area (Å²) in [6.45, 7) is 1.25. The summed E-state index contributed by atoms with van der Waals surface area (Å²) >= 11 is 0. The van der Waals surface area contributed by atoms with Gasteiger partial charge in [-0.25, -0.2) is 9.59 Å². The quantitative estimate of drug-likeness (QED) is 0.620. The third-order valence-electron chi connectivity index (χ3n) is 4.69. The van der Waals surface area contributed by atoms with Gasteiger partial charge in [-0.2, -0.15) is 31.6 Å². The summed E-state index contributed by atoms with van der Waals surface area (Å²) < 4.78 is 84.6. The molecule has 14 heteroatoms. The number of aliphatic carboxylic acids is 1. The molecule has 0 spiro atoms. The van der Waals surface area contributed by atoms with Crippen molar-refractivity contribution in [2.24, 2.45) is 0 Å². The van der Waals surface area contributed by atoms with Crippen LogP contribution < -0.4 is 4.74 Å². The Labute approximate surface area is 183 Å². The van der Waals surface area contributed by atoms with Crippen molar-refractivity contribution in [1.29, 1.82) is 5.26 Å². The Morgan fingerprint density at radius 2 is 1.70 bits per heavy atom. The fourth-order valence-corrected chi connectivity index (χ4v) is 2.93. The van der Waals surface area contributed by atoms with Gasteiger partial charge in [-0.1, -0.05) is 6.07 Å². The van der Waals surface area contributed by atoms with Crippen molar-refractivity contribution in [3.63, 3.8) is 0 Å². The highest BCUT2D eigenvalue weighted by Gasteiger charge is 2.60. The van der Waals surface area contributed by atoms with Gasteiger partial charge in [0.25, 0.3) is 6.10 Å². The molecular weight excluding hydrogens is 464 g/mol. The van der Waals surface area contributed by atoms with E-state index in [1.165, 1.54) is 19.1 Å². The van der Waals surface area contributed by atoms with E-state index in [2.05, 4.69) is 4.74 Å². The standard InChI is InChI=1S/C19H19F6N3O5/c1-11(15(29)30)32-14-8-12(9-26)2-3-13(14)10-27-4-6-28(7-5-27)17(31)33-16(18(20,21)22)19(23,24)25/h2-3,8,11,16H,4-7,10H2,1H3,(H,29,30)/t11-/m1/s1. The first-order chi connectivity index (χ1) is 15.2. The number of hydrogen-bond acceptors (Lipinski definition) is 6. The molecule has 1 amide bonds. The maximum absolute atomic E-state index is 12.6. The van der Waals surface area contributed by atoms with Crippen LogP contribution >= 0.6 is 0 Å². The van der Waals surface area contributed by atoms with Crippen molar-refractivity contribution < 1.29 is 50.5 Å². The van der Waals surface area contributed by atoms with Crippen molar-refractivity contribution in [2.45, 2.75) is 38.0 Å². The van der Waals surface area contributed by atoms with Gasteiger partial charge in [-0.05, 0) is 19.1 Å². The highest BCUT2D eigenvalue weighted by Crippen LogP contribution is 2.36. The van der Waals surface area contributed by atoms with E-state index in [1.54, 1.807) is 11.0 Å². The number of carbonyl (C=O) groups excluding carboxylic acids is 1. The third kappa shape index (κ3) is 7.14. The van der Waals surface area contributed by atoms with Gasteiger partial charge in [0, 0.05) is 38.3 Å². The monoisotopic (exact) mass is 483 g/mol. The van der Waals surface area contributed by atoms with Gasteiger partial charge < -0.3 is 19.5 Å². The molecule has 0 aromatic heterocycles. The molecule has 1 saturated heterocycles. The van der Waals surface area contributed by atoms with Crippen LogP contribution in [-0.4, -0.2) is 77.7 Å². The van der Waals surface area contributed by atoms with Gasteiger partial charge in [0.2, 0.25) is 0 Å². The van der Waals surface area contributed by atoms with E-state index in [-0.39, 0.29) is 44.0 Å². The average molecular weight is 483 g/mol. The van der Waals surface area contributed by atoms with E-state index in [4.69, 9.17) is 15.1 Å². The van der Waals surface area contributed by atoms with Gasteiger partial charge in [-0.3, -0.25) is 4.90 Å². The van der Waals surface area contributed by atoms with Crippen LogP contribution in [0.25, 0.3) is 0 Å². The predicted molar refractivity (Wildman–Crippen MR) is 98.1 cm³/mol. The molecule has 1 aliphatic rings. The Balaban J connectivity index is 2.02. The Hall–Kier alpha value is -3.21. The number of carbonyl (C=O) groups is 2. The van der Waals surface area contributed by atoms with Crippen molar-refractivity contribution in [3.05, 3.63) is 29.3 Å². The summed E-state index contributed by atoms with van der Waals surface area (Å²) in [7, 11) is 0. The number of ether oxygens (including phenoxy) is 2. The second-order valence-corrected chi connectivity index (χ2v) is 7.14. The van der Waals surface area contributed by atoms with Gasteiger partial charge >= 0.3 is 24.4 Å². The smallest absolute Gasteiger partial charge is 0.434 e. The summed E-state index contributed by atoms with van der Waals surface area (Å²) in [5, 5.41) is 18.1. The van der Waals surface area contributed by atoms with E-state index >= 15 is 0 Å². The van der Waals surface area contributed by atoms with E-state index < -0.39 is 36.6 Å². The molecule has 8 nitrogen and oxygen atoms in total. The van der Waals surface area contributed by atoms with Crippen molar-refractivity contribution >= 4 is 12.1 Å². The second-order valence-electron chi connectivity index (χ2n) is 7.14. The summed E-state index contributed by atoms with van der Waals surface area (Å²) in [6.07, 6.45) is -18.7. The van der Waals surface area contributed by atoms with Crippen LogP contribution in [0.1, 0.15) is 18.1 Å². The van der Waals surface area contributed by atoms with Gasteiger partial charge in [0.15, 0.2) is 6.10 Å². The molecule has 0 aliphatic carbocycles. The Kier molecular flexibility index (Phi) is 8.02. The maximum atomic E-state index is 12.6. The number of nitriles is 1. The molecule has 0 bridgehead atoms. The lowest BCUT2D eigenvalue weighted by Gasteiger charge is -2.35. The average Bonchev–Trinajstić information content (AvgIpc) is 2.71. The van der Waals surface area contributed by atoms with Crippen LogP contribution in [-0.2, 0) is 16.1 Å². The number of piperazine rings is 1. The van der Waals surface area contributed by atoms with Gasteiger partial charge in [0.05, 0.1) is 11.6 Å². The highest BCUT2D eigenvalue weighted by atomic mass is 19.4. The van der Waals surface area contributed by atoms with Crippen LogP contribution in [0.2, 0.25) is 0 Å². The Morgan fingerprint density at radius 1 is 1.12 bits per heavy atom. The first-order valence-electron chi connectivity index (χ1n) is 9.46. The molecular formula is C19H19F6N3O5. The number of alkyl halides is 6. The largest absolute Gasteiger partial charge is 0.479 e. The lowest BCUT2D eigenvalue weighted by atomic mass is 10.1. The summed E-state index contributed by atoms with van der Waals surface area (Å²) in [5.41, 5.74) is 0.732. The number of benzene rings is 1. The number of halogens is 6. The molecule has 0 radical (unpaired) electrons. The van der Waals surface area contributed by atoms with Crippen LogP contribution in [0, 0.1) is 11.3 Å². The normalized spacial score (nSPS) is 16.3. The number of amides is 1. The van der Waals surface area contributed by atoms with Crippen LogP contribution in [0.5, 0.6) is 5.75 Å². The number of carboxylic acid groups (broad SMARTS) is 1. The molecule has 1 heterocycles. The van der Waals surface area contributed by atoms with Crippen LogP contribution in [0.15, 0.2) is 18.2 Å². The number of hydrogen-bond donors (Lipinski definition) is 1. The van der Waals surface area contributed by atoms with E-state index in [0.29, 0.717) is 5.56 Å². The minimum atomic E-state index is -5.80. The first kappa shape index (κ1) is 26.0. The minimum absolute atomic E-state index is 0.0890. The molecule has 1 fully saturated rings. The predicted octanol–water partition coefficient (Wildman–Crippen LogP) is 3.16. The number of carboxylic acids is 1. The van der Waals surface area contributed by atoms with Crippen molar-refractivity contribution in [2.75, 3.05) is 26.2 Å². The fraction of sp³-hybridized carbons (Fsp3) is 0.526. The second kappa shape index (κ2) is 10.2. The Morgan fingerprint density at radius 3 is 2.18 bits per heavy atom. The number of nitrogens with zero attached hydrogens (tertiary/aromatic N) is 3. The maximum Gasteiger partial charge on any atom is 0.434 e. The molecule has 182 valence electrons. The van der Waals surface area contributed by atoms with Crippen molar-refractivity contribution in [3.8, 4) is 11.8 Å². The summed E-state index contributed by atoms with van der Waals surface area (Å²) in [5.74, 6) is -1.09. The lowest BCUT2D eigenvalue weighted by Crippen LogP contribution is -2.52. The molecule has 2 rings (SSSR count). The van der Waals surface area contributed by atoms with E-state index in [0.717, 1.165) is 4.90 Å². The van der Waals surface area contributed by atoms with Gasteiger partial charge in [-0.15, -0.1) is 0 Å². The highest BCUT2D eigenvalue weighted by molar-refractivity contribution is 5.72. The zero-order chi connectivity index (χ0) is 25.0. The number of rotatable bonds is 6. The topological polar surface area (TPSA) is 103 Å². The first-order valence-corrected chi connectivity index (χ1v) is 9.46. The molecule has 1 atom stereocenters. The zero-order valence-corrected chi connectivity index (χ0v) is 17.1. The minimum Gasteiger partial charge on any atom is -0.479 e. The molecule has 1 aromatic rings. The molecule has 33 heavy (non-hydrogen) atoms. The lowest BCUT2D eigenvalue weighted by molar-refractivity contribution is -0.308. The SMILES string of the molecule is C[C@@H](Oc1cc(C#N)ccc1CN1CCN(C(=O)OC(C(F)(F)F)C(F)(F)F)CC1)C(=O)O. The fourth-order valence-electron chi connectivity index (χ4n) is 2.93. The zero-order valence-electron chi connectivity index (χ0n) is 17.1. The molecule has 0 saturated carbocycles. The summed E-state index contributed by atoms with van der Waals surface area (Å²) in [6, 6.07) is 6.28. The van der Waals surface area contributed by atoms with E-state index in [9.17, 15) is 35.9 Å². The molecule has 1 N–H and O–H groups in total. The Bertz CT molecular complexity index is 893. The molecule has 1 aliphatic heterocycles. The van der Waals surface area contributed by atoms with Gasteiger partial charge in [0.1, 0.15) is 5.75 Å². The van der Waals surface area contributed by atoms with E-state index in [1.807, 2.05) is 6.07 Å². The third-order valence-corrected chi connectivity index (χ3v) is 4.69.